The molecule has 1 aromatic carbocycles. The second kappa shape index (κ2) is 7.45. The molecule has 2 aromatic rings. The minimum absolute atomic E-state index is 0.341. The topological polar surface area (TPSA) is 100 Å². The summed E-state index contributed by atoms with van der Waals surface area (Å²) in [6.07, 6.45) is 0. The standard InChI is InChI=1S/C17H19N3O4/c1-10-9-14(12(3)24-10)17(23)20-19-15(21)11(2)18-16(22)13-7-5-4-6-8-13/h4-9,11H,1-3H3,(H,18,22)(H,19,21)(H,20,23)/t11-/m0/s1. The van der Waals surface area contributed by atoms with Crippen molar-refractivity contribution < 1.29 is 18.8 Å². The van der Waals surface area contributed by atoms with Crippen molar-refractivity contribution in [3.05, 3.63) is 59.0 Å². The van der Waals surface area contributed by atoms with Crippen LogP contribution in [0.3, 0.4) is 0 Å². The minimum atomic E-state index is -0.815. The molecule has 0 radical (unpaired) electrons. The van der Waals surface area contributed by atoms with Crippen molar-refractivity contribution in [3.63, 3.8) is 0 Å². The van der Waals surface area contributed by atoms with Crippen LogP contribution in [0.15, 0.2) is 40.8 Å². The molecule has 0 unspecified atom stereocenters. The zero-order valence-electron chi connectivity index (χ0n) is 13.7. The van der Waals surface area contributed by atoms with Crippen LogP contribution in [0.1, 0.15) is 39.2 Å². The lowest BCUT2D eigenvalue weighted by atomic mass is 10.2. The van der Waals surface area contributed by atoms with Gasteiger partial charge >= 0.3 is 0 Å². The lowest BCUT2D eigenvalue weighted by Gasteiger charge is -2.14. The van der Waals surface area contributed by atoms with Gasteiger partial charge in [0.25, 0.3) is 17.7 Å². The van der Waals surface area contributed by atoms with Crippen LogP contribution in [0.2, 0.25) is 0 Å². The van der Waals surface area contributed by atoms with E-state index in [1.807, 2.05) is 0 Å². The van der Waals surface area contributed by atoms with Crippen LogP contribution in [0, 0.1) is 13.8 Å². The number of rotatable bonds is 4. The zero-order chi connectivity index (χ0) is 17.7. The number of benzene rings is 1. The summed E-state index contributed by atoms with van der Waals surface area (Å²) in [6, 6.07) is 9.31. The molecule has 0 bridgehead atoms. The summed E-state index contributed by atoms with van der Waals surface area (Å²) >= 11 is 0. The Hall–Kier alpha value is -3.09. The highest BCUT2D eigenvalue weighted by molar-refractivity contribution is 5.99. The molecule has 7 heteroatoms. The van der Waals surface area contributed by atoms with Gasteiger partial charge in [0, 0.05) is 5.56 Å². The Bertz CT molecular complexity index is 752. The largest absolute Gasteiger partial charge is 0.466 e. The Morgan fingerprint density at radius 3 is 2.25 bits per heavy atom. The molecule has 24 heavy (non-hydrogen) atoms. The number of nitrogens with one attached hydrogen (secondary N) is 3. The maximum absolute atomic E-state index is 12.0. The second-order valence-corrected chi connectivity index (χ2v) is 5.33. The summed E-state index contributed by atoms with van der Waals surface area (Å²) in [5, 5.41) is 2.55. The van der Waals surface area contributed by atoms with Gasteiger partial charge in [0.15, 0.2) is 0 Å². The molecular weight excluding hydrogens is 310 g/mol. The third-order valence-electron chi connectivity index (χ3n) is 3.36. The number of aryl methyl sites for hydroxylation is 2. The van der Waals surface area contributed by atoms with E-state index in [0.717, 1.165) is 0 Å². The molecule has 3 amide bonds. The van der Waals surface area contributed by atoms with E-state index in [4.69, 9.17) is 4.42 Å². The molecule has 3 N–H and O–H groups in total. The highest BCUT2D eigenvalue weighted by Gasteiger charge is 2.18. The fraction of sp³-hybridized carbons (Fsp3) is 0.235. The lowest BCUT2D eigenvalue weighted by molar-refractivity contribution is -0.123. The van der Waals surface area contributed by atoms with Crippen molar-refractivity contribution in [1.82, 2.24) is 16.2 Å². The highest BCUT2D eigenvalue weighted by Crippen LogP contribution is 2.12. The predicted molar refractivity (Wildman–Crippen MR) is 87.2 cm³/mol. The molecule has 1 atom stereocenters. The smallest absolute Gasteiger partial charge is 0.273 e. The van der Waals surface area contributed by atoms with Gasteiger partial charge < -0.3 is 9.73 Å². The maximum Gasteiger partial charge on any atom is 0.273 e. The molecule has 0 aliphatic heterocycles. The normalized spacial score (nSPS) is 11.5. The van der Waals surface area contributed by atoms with E-state index < -0.39 is 17.9 Å². The maximum atomic E-state index is 12.0. The molecule has 1 heterocycles. The molecule has 0 aliphatic carbocycles. The molecule has 0 fully saturated rings. The molecule has 1 aromatic heterocycles. The first-order valence-electron chi connectivity index (χ1n) is 7.41. The van der Waals surface area contributed by atoms with Crippen LogP contribution in [-0.4, -0.2) is 23.8 Å². The number of hydrazine groups is 1. The van der Waals surface area contributed by atoms with Crippen molar-refractivity contribution in [1.29, 1.82) is 0 Å². The molecular formula is C17H19N3O4. The summed E-state index contributed by atoms with van der Waals surface area (Å²) < 4.78 is 5.26. The first-order valence-corrected chi connectivity index (χ1v) is 7.41. The van der Waals surface area contributed by atoms with Gasteiger partial charge in [-0.3, -0.25) is 25.2 Å². The number of hydrogen-bond acceptors (Lipinski definition) is 4. The summed E-state index contributed by atoms with van der Waals surface area (Å²) in [6.45, 7) is 4.91. The Morgan fingerprint density at radius 1 is 1.00 bits per heavy atom. The SMILES string of the molecule is Cc1cc(C(=O)NNC(=O)[C@H](C)NC(=O)c2ccccc2)c(C)o1. The molecule has 0 saturated carbocycles. The number of carbonyl (C=O) groups excluding carboxylic acids is 3. The van der Waals surface area contributed by atoms with Crippen LogP contribution < -0.4 is 16.2 Å². The van der Waals surface area contributed by atoms with Crippen LogP contribution >= 0.6 is 0 Å². The molecule has 0 aliphatic rings. The Balaban J connectivity index is 1.87. The number of amides is 3. The van der Waals surface area contributed by atoms with Crippen molar-refractivity contribution >= 4 is 17.7 Å². The van der Waals surface area contributed by atoms with E-state index in [1.54, 1.807) is 50.2 Å². The number of furan rings is 1. The Morgan fingerprint density at radius 2 is 1.67 bits per heavy atom. The molecule has 7 nitrogen and oxygen atoms in total. The van der Waals surface area contributed by atoms with Gasteiger partial charge in [-0.2, -0.15) is 0 Å². The monoisotopic (exact) mass is 329 g/mol. The summed E-state index contributed by atoms with van der Waals surface area (Å²) in [5.74, 6) is -0.326. The minimum Gasteiger partial charge on any atom is -0.466 e. The van der Waals surface area contributed by atoms with Crippen LogP contribution in [0.25, 0.3) is 0 Å². The van der Waals surface area contributed by atoms with E-state index in [2.05, 4.69) is 16.2 Å². The number of hydrogen-bond donors (Lipinski definition) is 3. The summed E-state index contributed by atoms with van der Waals surface area (Å²) in [7, 11) is 0. The van der Waals surface area contributed by atoms with E-state index >= 15 is 0 Å². The van der Waals surface area contributed by atoms with E-state index in [9.17, 15) is 14.4 Å². The first kappa shape index (κ1) is 17.3. The van der Waals surface area contributed by atoms with Crippen LogP contribution in [-0.2, 0) is 4.79 Å². The van der Waals surface area contributed by atoms with Gasteiger partial charge in [-0.05, 0) is 39.0 Å². The van der Waals surface area contributed by atoms with Gasteiger partial charge in [-0.25, -0.2) is 0 Å². The van der Waals surface area contributed by atoms with E-state index in [-0.39, 0.29) is 5.91 Å². The van der Waals surface area contributed by atoms with Gasteiger partial charge in [0.05, 0.1) is 5.56 Å². The van der Waals surface area contributed by atoms with E-state index in [0.29, 0.717) is 22.6 Å². The fourth-order valence-corrected chi connectivity index (χ4v) is 2.09. The molecule has 0 spiro atoms. The van der Waals surface area contributed by atoms with Crippen molar-refractivity contribution in [2.24, 2.45) is 0 Å². The van der Waals surface area contributed by atoms with Crippen molar-refractivity contribution in [2.75, 3.05) is 0 Å². The van der Waals surface area contributed by atoms with Crippen LogP contribution in [0.5, 0.6) is 0 Å². The van der Waals surface area contributed by atoms with Crippen molar-refractivity contribution in [3.8, 4) is 0 Å². The Labute approximate surface area is 139 Å². The second-order valence-electron chi connectivity index (χ2n) is 5.33. The van der Waals surface area contributed by atoms with Crippen molar-refractivity contribution in [2.45, 2.75) is 26.8 Å². The lowest BCUT2D eigenvalue weighted by Crippen LogP contribution is -2.51. The molecule has 126 valence electrons. The molecule has 2 rings (SSSR count). The average molecular weight is 329 g/mol. The molecule has 0 saturated heterocycles. The van der Waals surface area contributed by atoms with Gasteiger partial charge in [-0.1, -0.05) is 18.2 Å². The summed E-state index contributed by atoms with van der Waals surface area (Å²) in [4.78, 5) is 35.9. The summed E-state index contributed by atoms with van der Waals surface area (Å²) in [5.41, 5.74) is 5.37. The predicted octanol–water partition coefficient (Wildman–Crippen LogP) is 1.48. The van der Waals surface area contributed by atoms with Gasteiger partial charge in [0.2, 0.25) is 0 Å². The quantitative estimate of drug-likeness (QED) is 0.740. The fourth-order valence-electron chi connectivity index (χ4n) is 2.09. The Kier molecular flexibility index (Phi) is 5.36. The zero-order valence-corrected chi connectivity index (χ0v) is 13.7. The average Bonchev–Trinajstić information content (AvgIpc) is 2.91. The van der Waals surface area contributed by atoms with Gasteiger partial charge in [0.1, 0.15) is 17.6 Å². The van der Waals surface area contributed by atoms with Gasteiger partial charge in [-0.15, -0.1) is 0 Å². The third kappa shape index (κ3) is 4.22. The third-order valence-corrected chi connectivity index (χ3v) is 3.36. The number of carbonyl (C=O) groups is 3. The van der Waals surface area contributed by atoms with E-state index in [1.165, 1.54) is 6.92 Å². The highest BCUT2D eigenvalue weighted by atomic mass is 16.3. The van der Waals surface area contributed by atoms with Crippen LogP contribution in [0.4, 0.5) is 0 Å². The first-order chi connectivity index (χ1) is 11.4.